The van der Waals surface area contributed by atoms with E-state index in [1.165, 1.54) is 6.07 Å². The molecule has 1 atom stereocenters. The highest BCUT2D eigenvalue weighted by atomic mass is 19.4. The lowest BCUT2D eigenvalue weighted by atomic mass is 9.96. The zero-order valence-electron chi connectivity index (χ0n) is 15.5. The smallest absolute Gasteiger partial charge is 0.370 e. The summed E-state index contributed by atoms with van der Waals surface area (Å²) in [5, 5.41) is 9.31. The molecule has 3 aromatic heterocycles. The van der Waals surface area contributed by atoms with Crippen LogP contribution in [0.4, 0.5) is 18.9 Å². The number of para-hydroxylation sites is 1. The second-order valence-electron chi connectivity index (χ2n) is 7.31. The van der Waals surface area contributed by atoms with E-state index in [2.05, 4.69) is 15.2 Å². The quantitative estimate of drug-likeness (QED) is 0.493. The normalized spacial score (nSPS) is 17.9. The van der Waals surface area contributed by atoms with Crippen molar-refractivity contribution >= 4 is 22.2 Å². The molecule has 1 aliphatic heterocycles. The average molecular weight is 397 g/mol. The Kier molecular flexibility index (Phi) is 4.15. The lowest BCUT2D eigenvalue weighted by molar-refractivity contribution is -0.140. The SMILES string of the molecule is FC(F)(F)c1cc(N2CCC[C@@H](c3nnc4ccccn34)C2)c2ccccc2n1. The standard InChI is InChI=1S/C21H18F3N5/c22-21(23,24)18-12-17(15-7-1-2-8-16(15)25-18)28-10-5-6-14(13-28)20-27-26-19-9-3-4-11-29(19)20/h1-4,7-9,11-12,14H,5-6,10,13H2/t14-/m1/s1. The number of halogens is 3. The third kappa shape index (κ3) is 3.18. The maximum atomic E-state index is 13.4. The first-order valence-electron chi connectivity index (χ1n) is 9.52. The van der Waals surface area contributed by atoms with Crippen LogP contribution in [0.1, 0.15) is 30.3 Å². The van der Waals surface area contributed by atoms with E-state index in [4.69, 9.17) is 0 Å². The second kappa shape index (κ2) is 6.72. The Morgan fingerprint density at radius 2 is 1.83 bits per heavy atom. The van der Waals surface area contributed by atoms with Gasteiger partial charge < -0.3 is 4.90 Å². The number of fused-ring (bicyclic) bond motifs is 2. The molecule has 0 saturated carbocycles. The van der Waals surface area contributed by atoms with E-state index < -0.39 is 11.9 Å². The van der Waals surface area contributed by atoms with Gasteiger partial charge in [-0.1, -0.05) is 24.3 Å². The number of hydrogen-bond acceptors (Lipinski definition) is 4. The van der Waals surface area contributed by atoms with Gasteiger partial charge in [0, 0.05) is 36.3 Å². The third-order valence-corrected chi connectivity index (χ3v) is 5.45. The Balaban J connectivity index is 1.56. The van der Waals surface area contributed by atoms with Crippen LogP contribution < -0.4 is 4.90 Å². The van der Waals surface area contributed by atoms with Crippen LogP contribution >= 0.6 is 0 Å². The highest BCUT2D eigenvalue weighted by molar-refractivity contribution is 5.92. The van der Waals surface area contributed by atoms with Gasteiger partial charge in [0.15, 0.2) is 5.65 Å². The molecule has 5 nitrogen and oxygen atoms in total. The monoisotopic (exact) mass is 397 g/mol. The summed E-state index contributed by atoms with van der Waals surface area (Å²) in [7, 11) is 0. The maximum absolute atomic E-state index is 13.4. The van der Waals surface area contributed by atoms with E-state index in [1.807, 2.05) is 45.8 Å². The summed E-state index contributed by atoms with van der Waals surface area (Å²) in [6.07, 6.45) is -0.782. The van der Waals surface area contributed by atoms with E-state index in [0.29, 0.717) is 24.3 Å². The van der Waals surface area contributed by atoms with Crippen molar-refractivity contribution in [1.29, 1.82) is 0 Å². The van der Waals surface area contributed by atoms with E-state index in [-0.39, 0.29) is 5.92 Å². The molecule has 1 aromatic carbocycles. The van der Waals surface area contributed by atoms with E-state index in [1.54, 1.807) is 12.1 Å². The molecule has 4 heterocycles. The van der Waals surface area contributed by atoms with Crippen LogP contribution in [0, 0.1) is 0 Å². The lowest BCUT2D eigenvalue weighted by Crippen LogP contribution is -2.35. The molecule has 0 radical (unpaired) electrons. The Morgan fingerprint density at radius 3 is 2.69 bits per heavy atom. The molecule has 0 unspecified atom stereocenters. The zero-order valence-corrected chi connectivity index (χ0v) is 15.5. The number of aromatic nitrogens is 4. The first-order chi connectivity index (χ1) is 14.0. The van der Waals surface area contributed by atoms with Crippen LogP contribution in [0.2, 0.25) is 0 Å². The van der Waals surface area contributed by atoms with Gasteiger partial charge in [-0.3, -0.25) is 4.40 Å². The Labute approximate surface area is 164 Å². The average Bonchev–Trinajstić information content (AvgIpc) is 3.16. The molecule has 1 fully saturated rings. The third-order valence-electron chi connectivity index (χ3n) is 5.45. The molecule has 0 amide bonds. The first-order valence-corrected chi connectivity index (χ1v) is 9.52. The van der Waals surface area contributed by atoms with Crippen LogP contribution in [0.3, 0.4) is 0 Å². The molecule has 148 valence electrons. The van der Waals surface area contributed by atoms with Crippen LogP contribution in [0.25, 0.3) is 16.6 Å². The molecule has 5 rings (SSSR count). The summed E-state index contributed by atoms with van der Waals surface area (Å²) in [5.74, 6) is 0.933. The number of piperidine rings is 1. The van der Waals surface area contributed by atoms with Gasteiger partial charge in [-0.25, -0.2) is 4.98 Å². The summed E-state index contributed by atoms with van der Waals surface area (Å²) in [5.41, 5.74) is 0.836. The van der Waals surface area contributed by atoms with E-state index in [0.717, 1.165) is 29.7 Å². The fourth-order valence-corrected chi connectivity index (χ4v) is 4.11. The van der Waals surface area contributed by atoms with Gasteiger partial charge in [-0.2, -0.15) is 13.2 Å². The van der Waals surface area contributed by atoms with Crippen LogP contribution in [-0.4, -0.2) is 32.7 Å². The predicted molar refractivity (Wildman–Crippen MR) is 104 cm³/mol. The summed E-state index contributed by atoms with van der Waals surface area (Å²) in [4.78, 5) is 5.86. The molecule has 0 spiro atoms. The highest BCUT2D eigenvalue weighted by Crippen LogP contribution is 2.37. The first kappa shape index (κ1) is 17.9. The van der Waals surface area contributed by atoms with Crippen molar-refractivity contribution in [2.75, 3.05) is 18.0 Å². The summed E-state index contributed by atoms with van der Waals surface area (Å²) in [6, 6.07) is 13.9. The zero-order chi connectivity index (χ0) is 20.0. The lowest BCUT2D eigenvalue weighted by Gasteiger charge is -2.34. The van der Waals surface area contributed by atoms with Gasteiger partial charge >= 0.3 is 6.18 Å². The number of hydrogen-bond donors (Lipinski definition) is 0. The van der Waals surface area contributed by atoms with Crippen molar-refractivity contribution in [3.8, 4) is 0 Å². The topological polar surface area (TPSA) is 46.3 Å². The van der Waals surface area contributed by atoms with Crippen LogP contribution in [0.15, 0.2) is 54.7 Å². The fourth-order valence-electron chi connectivity index (χ4n) is 4.11. The van der Waals surface area contributed by atoms with Crippen LogP contribution in [-0.2, 0) is 6.18 Å². The molecule has 4 aromatic rings. The Morgan fingerprint density at radius 1 is 1.00 bits per heavy atom. The van der Waals surface area contributed by atoms with Gasteiger partial charge in [-0.15, -0.1) is 10.2 Å². The van der Waals surface area contributed by atoms with Crippen molar-refractivity contribution in [3.05, 3.63) is 66.2 Å². The molecular formula is C21H18F3N5. The number of rotatable bonds is 2. The maximum Gasteiger partial charge on any atom is 0.433 e. The summed E-state index contributed by atoms with van der Waals surface area (Å²) >= 11 is 0. The van der Waals surface area contributed by atoms with Crippen molar-refractivity contribution in [1.82, 2.24) is 19.6 Å². The number of pyridine rings is 2. The minimum absolute atomic E-state index is 0.0856. The molecule has 1 aliphatic rings. The van der Waals surface area contributed by atoms with Crippen molar-refractivity contribution in [2.24, 2.45) is 0 Å². The molecule has 0 aliphatic carbocycles. The van der Waals surface area contributed by atoms with Crippen molar-refractivity contribution < 1.29 is 13.2 Å². The summed E-state index contributed by atoms with van der Waals surface area (Å²) < 4.78 is 42.3. The second-order valence-corrected chi connectivity index (χ2v) is 7.31. The minimum atomic E-state index is -4.49. The molecule has 8 heteroatoms. The molecule has 1 saturated heterocycles. The Bertz CT molecular complexity index is 1180. The van der Waals surface area contributed by atoms with Gasteiger partial charge in [0.1, 0.15) is 11.5 Å². The largest absolute Gasteiger partial charge is 0.433 e. The number of benzene rings is 1. The Hall–Kier alpha value is -3.16. The van der Waals surface area contributed by atoms with Crippen molar-refractivity contribution in [2.45, 2.75) is 24.9 Å². The number of anilines is 1. The number of nitrogens with zero attached hydrogens (tertiary/aromatic N) is 5. The van der Waals surface area contributed by atoms with Gasteiger partial charge in [-0.05, 0) is 37.1 Å². The molecular weight excluding hydrogens is 379 g/mol. The molecule has 0 bridgehead atoms. The van der Waals surface area contributed by atoms with Crippen LogP contribution in [0.5, 0.6) is 0 Å². The summed E-state index contributed by atoms with van der Waals surface area (Å²) in [6.45, 7) is 1.28. The van der Waals surface area contributed by atoms with Gasteiger partial charge in [0.25, 0.3) is 0 Å². The van der Waals surface area contributed by atoms with E-state index >= 15 is 0 Å². The van der Waals surface area contributed by atoms with Gasteiger partial charge in [0.05, 0.1) is 5.52 Å². The predicted octanol–water partition coefficient (Wildman–Crippen LogP) is 4.68. The molecule has 0 N–H and O–H groups in total. The number of alkyl halides is 3. The van der Waals surface area contributed by atoms with E-state index in [9.17, 15) is 13.2 Å². The van der Waals surface area contributed by atoms with Gasteiger partial charge in [0.2, 0.25) is 0 Å². The highest BCUT2D eigenvalue weighted by Gasteiger charge is 2.35. The van der Waals surface area contributed by atoms with Crippen molar-refractivity contribution in [3.63, 3.8) is 0 Å². The fraction of sp³-hybridized carbons (Fsp3) is 0.286. The minimum Gasteiger partial charge on any atom is -0.370 e. The molecule has 29 heavy (non-hydrogen) atoms.